The molecule has 1 unspecified atom stereocenters. The van der Waals surface area contributed by atoms with Gasteiger partial charge in [-0.25, -0.2) is 4.98 Å². The van der Waals surface area contributed by atoms with Gasteiger partial charge in [-0.2, -0.15) is 5.10 Å². The largest absolute Gasteiger partial charge is 0.368 e. The number of pyridine rings is 2. The van der Waals surface area contributed by atoms with Crippen LogP contribution in [0.3, 0.4) is 0 Å². The maximum atomic E-state index is 11.4. The Labute approximate surface area is 138 Å². The minimum absolute atomic E-state index is 0.0555. The van der Waals surface area contributed by atoms with Crippen LogP contribution < -0.4 is 11.1 Å². The van der Waals surface area contributed by atoms with Gasteiger partial charge in [-0.15, -0.1) is 0 Å². The number of hydrogen-bond acceptors (Lipinski definition) is 6. The smallest absolute Gasteiger partial charge is 0.271 e. The Morgan fingerprint density at radius 1 is 1.33 bits per heavy atom. The summed E-state index contributed by atoms with van der Waals surface area (Å²) in [6, 6.07) is 8.98. The summed E-state index contributed by atoms with van der Waals surface area (Å²) in [5.74, 6) is -0.678. The molecule has 3 aromatic heterocycles. The highest BCUT2D eigenvalue weighted by molar-refractivity contribution is 5.96. The molecule has 4 N–H and O–H groups in total. The van der Waals surface area contributed by atoms with E-state index in [4.69, 9.17) is 5.73 Å². The zero-order chi connectivity index (χ0) is 17.1. The van der Waals surface area contributed by atoms with Crippen LogP contribution in [0.5, 0.6) is 0 Å². The lowest BCUT2D eigenvalue weighted by Crippen LogP contribution is -2.17. The maximum Gasteiger partial charge on any atom is 0.271 e. The Hall–Kier alpha value is -3.26. The van der Waals surface area contributed by atoms with Crippen molar-refractivity contribution in [1.82, 2.24) is 19.7 Å². The van der Waals surface area contributed by atoms with Gasteiger partial charge in [0.2, 0.25) is 0 Å². The lowest BCUT2D eigenvalue weighted by Gasteiger charge is -2.14. The molecule has 122 valence electrons. The number of anilines is 1. The van der Waals surface area contributed by atoms with Gasteiger partial charge < -0.3 is 16.2 Å². The lowest BCUT2D eigenvalue weighted by atomic mass is 10.2. The zero-order valence-corrected chi connectivity index (χ0v) is 12.9. The van der Waals surface area contributed by atoms with Crippen molar-refractivity contribution in [3.63, 3.8) is 0 Å². The van der Waals surface area contributed by atoms with E-state index in [1.807, 2.05) is 18.2 Å². The number of hydrogen-bond donors (Lipinski definition) is 3. The van der Waals surface area contributed by atoms with Crippen LogP contribution in [0.15, 0.2) is 48.9 Å². The van der Waals surface area contributed by atoms with Crippen LogP contribution in [0.1, 0.15) is 22.4 Å². The summed E-state index contributed by atoms with van der Waals surface area (Å²) in [5, 5.41) is 17.1. The quantitative estimate of drug-likeness (QED) is 0.604. The van der Waals surface area contributed by atoms with E-state index in [0.29, 0.717) is 17.1 Å². The first kappa shape index (κ1) is 15.6. The number of nitrogens with one attached hydrogen (secondary N) is 1. The summed E-state index contributed by atoms with van der Waals surface area (Å²) in [7, 11) is 1.66. The predicted octanol–water partition coefficient (Wildman–Crippen LogP) is 1.08. The second-order valence-corrected chi connectivity index (χ2v) is 5.17. The molecule has 8 heteroatoms. The molecule has 0 fully saturated rings. The molecule has 24 heavy (non-hydrogen) atoms. The van der Waals surface area contributed by atoms with E-state index in [-0.39, 0.29) is 5.69 Å². The minimum Gasteiger partial charge on any atom is -0.368 e. The number of primary amides is 1. The molecular formula is C16H16N6O2. The Morgan fingerprint density at radius 3 is 2.88 bits per heavy atom. The monoisotopic (exact) mass is 324 g/mol. The normalized spacial score (nSPS) is 11.9. The number of carbonyl (C=O) groups excluding carboxylic acids is 1. The standard InChI is InChI=1S/C16H16N6O2/c1-22-9-13(14(21-22)15(17)23)20-16(24)12-6-2-5-11(19-12)10-4-3-7-18-8-10/h2-9,16,20,24H,1H3,(H2,17,23). The van der Waals surface area contributed by atoms with Crippen molar-refractivity contribution < 1.29 is 9.90 Å². The molecule has 3 rings (SSSR count). The minimum atomic E-state index is -1.12. The third kappa shape index (κ3) is 3.23. The van der Waals surface area contributed by atoms with Crippen molar-refractivity contribution in [3.05, 3.63) is 60.3 Å². The molecule has 0 saturated heterocycles. The van der Waals surface area contributed by atoms with Crippen molar-refractivity contribution in [2.75, 3.05) is 5.32 Å². The van der Waals surface area contributed by atoms with Gasteiger partial charge in [0, 0.05) is 31.2 Å². The predicted molar refractivity (Wildman–Crippen MR) is 87.8 cm³/mol. The first-order chi connectivity index (χ1) is 11.5. The van der Waals surface area contributed by atoms with E-state index in [1.165, 1.54) is 4.68 Å². The fourth-order valence-electron chi connectivity index (χ4n) is 2.28. The molecule has 3 heterocycles. The summed E-state index contributed by atoms with van der Waals surface area (Å²) < 4.78 is 1.44. The molecule has 8 nitrogen and oxygen atoms in total. The second-order valence-electron chi connectivity index (χ2n) is 5.17. The van der Waals surface area contributed by atoms with E-state index in [1.54, 1.807) is 37.8 Å². The van der Waals surface area contributed by atoms with Crippen LogP contribution in [0, 0.1) is 0 Å². The van der Waals surface area contributed by atoms with Crippen LogP contribution in [-0.2, 0) is 7.05 Å². The van der Waals surface area contributed by atoms with Crippen LogP contribution in [0.2, 0.25) is 0 Å². The molecule has 0 radical (unpaired) electrons. The number of rotatable bonds is 5. The van der Waals surface area contributed by atoms with Crippen LogP contribution in [-0.4, -0.2) is 30.8 Å². The Morgan fingerprint density at radius 2 is 2.17 bits per heavy atom. The zero-order valence-electron chi connectivity index (χ0n) is 12.9. The number of amides is 1. The Bertz CT molecular complexity index is 862. The third-order valence-electron chi connectivity index (χ3n) is 3.36. The molecule has 0 aliphatic carbocycles. The fraction of sp³-hybridized carbons (Fsp3) is 0.125. The van der Waals surface area contributed by atoms with Gasteiger partial charge in [-0.05, 0) is 24.3 Å². The van der Waals surface area contributed by atoms with E-state index in [2.05, 4.69) is 20.4 Å². The number of nitrogens with zero attached hydrogens (tertiary/aromatic N) is 4. The molecule has 0 saturated carbocycles. The highest BCUT2D eigenvalue weighted by atomic mass is 16.3. The number of aryl methyl sites for hydroxylation is 1. The first-order valence-electron chi connectivity index (χ1n) is 7.20. The summed E-state index contributed by atoms with van der Waals surface area (Å²) in [5.41, 5.74) is 7.60. The molecule has 0 spiro atoms. The highest BCUT2D eigenvalue weighted by Gasteiger charge is 2.17. The third-order valence-corrected chi connectivity index (χ3v) is 3.36. The topological polar surface area (TPSA) is 119 Å². The molecule has 1 amide bonds. The van der Waals surface area contributed by atoms with Crippen LogP contribution >= 0.6 is 0 Å². The van der Waals surface area contributed by atoms with Gasteiger partial charge >= 0.3 is 0 Å². The van der Waals surface area contributed by atoms with Gasteiger partial charge in [0.15, 0.2) is 11.9 Å². The summed E-state index contributed by atoms with van der Waals surface area (Å²) in [6.07, 6.45) is 3.81. The molecule has 0 bridgehead atoms. The van der Waals surface area contributed by atoms with Crippen molar-refractivity contribution in [2.45, 2.75) is 6.23 Å². The average Bonchev–Trinajstić information content (AvgIpc) is 2.96. The number of nitrogens with two attached hydrogens (primary N) is 1. The number of carbonyl (C=O) groups is 1. The molecule has 0 aromatic carbocycles. The summed E-state index contributed by atoms with van der Waals surface area (Å²) >= 11 is 0. The molecule has 1 atom stereocenters. The van der Waals surface area contributed by atoms with Crippen LogP contribution in [0.4, 0.5) is 5.69 Å². The first-order valence-corrected chi connectivity index (χ1v) is 7.20. The molecule has 0 aliphatic rings. The van der Waals surface area contributed by atoms with Crippen molar-refractivity contribution >= 4 is 11.6 Å². The summed E-state index contributed by atoms with van der Waals surface area (Å²) in [6.45, 7) is 0. The Balaban J connectivity index is 1.86. The van der Waals surface area contributed by atoms with Crippen molar-refractivity contribution in [1.29, 1.82) is 0 Å². The maximum absolute atomic E-state index is 11.4. The molecule has 3 aromatic rings. The fourth-order valence-corrected chi connectivity index (χ4v) is 2.28. The number of aromatic nitrogens is 4. The molecular weight excluding hydrogens is 308 g/mol. The van der Waals surface area contributed by atoms with E-state index in [9.17, 15) is 9.90 Å². The molecule has 0 aliphatic heterocycles. The Kier molecular flexibility index (Phi) is 4.21. The summed E-state index contributed by atoms with van der Waals surface area (Å²) in [4.78, 5) is 19.9. The van der Waals surface area contributed by atoms with Gasteiger partial charge in [-0.1, -0.05) is 6.07 Å². The number of aliphatic hydroxyl groups excluding tert-OH is 1. The van der Waals surface area contributed by atoms with Crippen LogP contribution in [0.25, 0.3) is 11.3 Å². The highest BCUT2D eigenvalue weighted by Crippen LogP contribution is 2.22. The van der Waals surface area contributed by atoms with Gasteiger partial charge in [-0.3, -0.25) is 14.5 Å². The van der Waals surface area contributed by atoms with Gasteiger partial charge in [0.05, 0.1) is 17.1 Å². The van der Waals surface area contributed by atoms with Crippen molar-refractivity contribution in [2.24, 2.45) is 12.8 Å². The van der Waals surface area contributed by atoms with Crippen molar-refractivity contribution in [3.8, 4) is 11.3 Å². The van der Waals surface area contributed by atoms with E-state index >= 15 is 0 Å². The van der Waals surface area contributed by atoms with E-state index < -0.39 is 12.1 Å². The second kappa shape index (κ2) is 6.47. The van der Waals surface area contributed by atoms with E-state index in [0.717, 1.165) is 5.56 Å². The average molecular weight is 324 g/mol. The van der Waals surface area contributed by atoms with Gasteiger partial charge in [0.25, 0.3) is 5.91 Å². The van der Waals surface area contributed by atoms with Gasteiger partial charge in [0.1, 0.15) is 0 Å². The SMILES string of the molecule is Cn1cc(NC(O)c2cccc(-c3cccnc3)n2)c(C(N)=O)n1. The lowest BCUT2D eigenvalue weighted by molar-refractivity contribution is 0.0995. The number of aliphatic hydroxyl groups is 1.